The van der Waals surface area contributed by atoms with Gasteiger partial charge in [0.1, 0.15) is 5.75 Å². The summed E-state index contributed by atoms with van der Waals surface area (Å²) in [6.45, 7) is 1.62. The van der Waals surface area contributed by atoms with Gasteiger partial charge in [0.25, 0.3) is 0 Å². The van der Waals surface area contributed by atoms with Gasteiger partial charge in [-0.15, -0.1) is 0 Å². The Morgan fingerprint density at radius 1 is 1.47 bits per heavy atom. The van der Waals surface area contributed by atoms with Gasteiger partial charge in [0.2, 0.25) is 0 Å². The number of hydrogen-bond acceptors (Lipinski definition) is 3. The quantitative estimate of drug-likeness (QED) is 0.618. The van der Waals surface area contributed by atoms with E-state index in [2.05, 4.69) is 20.8 Å². The van der Waals surface area contributed by atoms with Crippen LogP contribution in [0.1, 0.15) is 12.0 Å². The number of rotatable bonds is 7. The van der Waals surface area contributed by atoms with Crippen molar-refractivity contribution in [3.05, 3.63) is 34.3 Å². The molecule has 1 aromatic carbocycles. The second kappa shape index (κ2) is 7.96. The van der Waals surface area contributed by atoms with Crippen molar-refractivity contribution >= 4 is 28.0 Å². The average molecular weight is 328 g/mol. The summed E-state index contributed by atoms with van der Waals surface area (Å²) in [5.74, 6) is -0.226. The normalized spacial score (nSPS) is 11.2. The van der Waals surface area contributed by atoms with Crippen LogP contribution < -0.4 is 4.74 Å². The van der Waals surface area contributed by atoms with E-state index in [0.717, 1.165) is 34.8 Å². The minimum Gasteiger partial charge on any atom is -0.494 e. The molecule has 0 aliphatic carbocycles. The fraction of sp³-hybridized carbons (Fsp3) is 0.357. The molecule has 0 aliphatic heterocycles. The van der Waals surface area contributed by atoms with E-state index in [1.807, 2.05) is 32.3 Å². The largest absolute Gasteiger partial charge is 0.494 e. The maximum atomic E-state index is 10.5. The lowest BCUT2D eigenvalue weighted by Gasteiger charge is -2.11. The van der Waals surface area contributed by atoms with Crippen LogP contribution in [0.25, 0.3) is 6.08 Å². The Morgan fingerprint density at radius 3 is 2.84 bits per heavy atom. The molecule has 0 unspecified atom stereocenters. The van der Waals surface area contributed by atoms with Crippen LogP contribution >= 0.6 is 15.9 Å². The lowest BCUT2D eigenvalue weighted by Crippen LogP contribution is -2.15. The number of halogens is 1. The van der Waals surface area contributed by atoms with Gasteiger partial charge in [0.05, 0.1) is 6.61 Å². The molecule has 0 saturated heterocycles. The van der Waals surface area contributed by atoms with Crippen molar-refractivity contribution < 1.29 is 14.6 Å². The molecule has 1 aromatic rings. The monoisotopic (exact) mass is 327 g/mol. The predicted octanol–water partition coefficient (Wildman–Crippen LogP) is 2.88. The highest BCUT2D eigenvalue weighted by Gasteiger charge is 2.01. The Balaban J connectivity index is 2.60. The summed E-state index contributed by atoms with van der Waals surface area (Å²) in [6.07, 6.45) is 3.60. The number of hydrogen-bond donors (Lipinski definition) is 1. The van der Waals surface area contributed by atoms with Gasteiger partial charge in [-0.1, -0.05) is 15.9 Å². The molecule has 0 atom stereocenters. The lowest BCUT2D eigenvalue weighted by atomic mass is 10.2. The van der Waals surface area contributed by atoms with Crippen LogP contribution in [-0.4, -0.2) is 43.2 Å². The maximum Gasteiger partial charge on any atom is 0.328 e. The van der Waals surface area contributed by atoms with E-state index >= 15 is 0 Å². The van der Waals surface area contributed by atoms with Crippen molar-refractivity contribution in [2.24, 2.45) is 0 Å². The molecule has 0 heterocycles. The first-order chi connectivity index (χ1) is 8.99. The maximum absolute atomic E-state index is 10.5. The van der Waals surface area contributed by atoms with Crippen molar-refractivity contribution in [2.45, 2.75) is 6.42 Å². The minimum absolute atomic E-state index is 0.641. The second-order valence-electron chi connectivity index (χ2n) is 4.36. The lowest BCUT2D eigenvalue weighted by molar-refractivity contribution is -0.131. The van der Waals surface area contributed by atoms with Gasteiger partial charge in [0.15, 0.2) is 0 Å². The summed E-state index contributed by atoms with van der Waals surface area (Å²) in [5, 5.41) is 8.62. The second-order valence-corrected chi connectivity index (χ2v) is 5.21. The zero-order valence-electron chi connectivity index (χ0n) is 11.1. The first-order valence-corrected chi connectivity index (χ1v) is 6.76. The van der Waals surface area contributed by atoms with Crippen molar-refractivity contribution in [1.29, 1.82) is 0 Å². The van der Waals surface area contributed by atoms with E-state index in [0.29, 0.717) is 6.61 Å². The van der Waals surface area contributed by atoms with Crippen LogP contribution in [-0.2, 0) is 4.79 Å². The molecule has 104 valence electrons. The SMILES string of the molecule is CN(C)CCCOc1ccc(Br)c(/C=C/C(=O)O)c1. The van der Waals surface area contributed by atoms with Gasteiger partial charge in [-0.05, 0) is 50.4 Å². The van der Waals surface area contributed by atoms with E-state index in [9.17, 15) is 4.79 Å². The number of aliphatic carboxylic acids is 1. The molecule has 0 bridgehead atoms. The molecule has 0 spiro atoms. The zero-order chi connectivity index (χ0) is 14.3. The Labute approximate surface area is 121 Å². The van der Waals surface area contributed by atoms with Gasteiger partial charge in [-0.2, -0.15) is 0 Å². The number of ether oxygens (including phenoxy) is 1. The molecule has 0 fully saturated rings. The van der Waals surface area contributed by atoms with Gasteiger partial charge in [-0.3, -0.25) is 0 Å². The van der Waals surface area contributed by atoms with Crippen LogP contribution in [0.5, 0.6) is 5.75 Å². The van der Waals surface area contributed by atoms with Crippen molar-refractivity contribution in [3.8, 4) is 5.75 Å². The number of carboxylic acid groups (broad SMARTS) is 1. The third-order valence-electron chi connectivity index (χ3n) is 2.39. The fourth-order valence-electron chi connectivity index (χ4n) is 1.47. The van der Waals surface area contributed by atoms with Crippen LogP contribution in [0.3, 0.4) is 0 Å². The standard InChI is InChI=1S/C14H18BrNO3/c1-16(2)8-3-9-19-12-5-6-13(15)11(10-12)4-7-14(17)18/h4-7,10H,3,8-9H2,1-2H3,(H,17,18)/b7-4+. The zero-order valence-corrected chi connectivity index (χ0v) is 12.7. The first-order valence-electron chi connectivity index (χ1n) is 5.97. The predicted molar refractivity (Wildman–Crippen MR) is 79.5 cm³/mol. The number of carbonyl (C=O) groups is 1. The smallest absolute Gasteiger partial charge is 0.328 e. The Bertz CT molecular complexity index is 458. The van der Waals surface area contributed by atoms with Gasteiger partial charge in [0, 0.05) is 17.1 Å². The van der Waals surface area contributed by atoms with Crippen molar-refractivity contribution in [3.63, 3.8) is 0 Å². The Hall–Kier alpha value is -1.33. The summed E-state index contributed by atoms with van der Waals surface area (Å²) in [7, 11) is 4.04. The molecule has 0 saturated carbocycles. The number of carboxylic acids is 1. The highest BCUT2D eigenvalue weighted by atomic mass is 79.9. The van der Waals surface area contributed by atoms with E-state index in [1.54, 1.807) is 6.08 Å². The number of nitrogens with zero attached hydrogens (tertiary/aromatic N) is 1. The van der Waals surface area contributed by atoms with Crippen molar-refractivity contribution in [2.75, 3.05) is 27.2 Å². The molecule has 0 aromatic heterocycles. The Kier molecular flexibility index (Phi) is 6.59. The van der Waals surface area contributed by atoms with Crippen LogP contribution in [0.4, 0.5) is 0 Å². The van der Waals surface area contributed by atoms with Gasteiger partial charge in [-0.25, -0.2) is 4.79 Å². The average Bonchev–Trinajstić information content (AvgIpc) is 2.34. The first kappa shape index (κ1) is 15.7. The van der Waals surface area contributed by atoms with Crippen LogP contribution in [0.2, 0.25) is 0 Å². The molecule has 19 heavy (non-hydrogen) atoms. The third kappa shape index (κ3) is 6.40. The molecule has 1 rings (SSSR count). The number of benzene rings is 1. The summed E-state index contributed by atoms with van der Waals surface area (Å²) in [6, 6.07) is 5.53. The molecular formula is C14H18BrNO3. The van der Waals surface area contributed by atoms with E-state index in [4.69, 9.17) is 9.84 Å². The van der Waals surface area contributed by atoms with E-state index in [-0.39, 0.29) is 0 Å². The summed E-state index contributed by atoms with van der Waals surface area (Å²) in [5.41, 5.74) is 0.785. The van der Waals surface area contributed by atoms with E-state index < -0.39 is 5.97 Å². The molecule has 5 heteroatoms. The Morgan fingerprint density at radius 2 is 2.21 bits per heavy atom. The van der Waals surface area contributed by atoms with Crippen LogP contribution in [0.15, 0.2) is 28.7 Å². The molecule has 4 nitrogen and oxygen atoms in total. The van der Waals surface area contributed by atoms with E-state index in [1.165, 1.54) is 0 Å². The molecule has 1 N–H and O–H groups in total. The molecular weight excluding hydrogens is 310 g/mol. The third-order valence-corrected chi connectivity index (χ3v) is 3.11. The molecule has 0 aliphatic rings. The summed E-state index contributed by atoms with van der Waals surface area (Å²) >= 11 is 3.38. The highest BCUT2D eigenvalue weighted by molar-refractivity contribution is 9.10. The topological polar surface area (TPSA) is 49.8 Å². The summed E-state index contributed by atoms with van der Waals surface area (Å²) < 4.78 is 6.47. The van der Waals surface area contributed by atoms with Crippen LogP contribution in [0, 0.1) is 0 Å². The summed E-state index contributed by atoms with van der Waals surface area (Å²) in [4.78, 5) is 12.6. The van der Waals surface area contributed by atoms with Gasteiger partial charge < -0.3 is 14.7 Å². The van der Waals surface area contributed by atoms with Crippen molar-refractivity contribution in [1.82, 2.24) is 4.90 Å². The van der Waals surface area contributed by atoms with Gasteiger partial charge >= 0.3 is 5.97 Å². The highest BCUT2D eigenvalue weighted by Crippen LogP contribution is 2.23. The fourth-order valence-corrected chi connectivity index (χ4v) is 1.85. The molecule has 0 amide bonds. The molecule has 0 radical (unpaired) electrons. The minimum atomic E-state index is -0.968.